The molecule has 0 bridgehead atoms. The number of imidazole rings is 1. The van der Waals surface area contributed by atoms with Crippen molar-refractivity contribution in [2.75, 3.05) is 25.0 Å². The lowest BCUT2D eigenvalue weighted by Crippen LogP contribution is -2.48. The zero-order valence-electron chi connectivity index (χ0n) is 19.0. The second kappa shape index (κ2) is 9.43. The maximum atomic E-state index is 11.4. The van der Waals surface area contributed by atoms with E-state index in [1.807, 2.05) is 73.8 Å². The minimum absolute atomic E-state index is 0.0978. The lowest BCUT2D eigenvalue weighted by molar-refractivity contribution is 0.130. The number of anilines is 1. The molecule has 2 aromatic heterocycles. The smallest absolute Gasteiger partial charge is 0.407 e. The first kappa shape index (κ1) is 21.8. The molecule has 8 nitrogen and oxygen atoms in total. The molecule has 1 fully saturated rings. The molecule has 1 saturated heterocycles. The average Bonchev–Trinajstić information content (AvgIpc) is 3.31. The van der Waals surface area contributed by atoms with Crippen LogP contribution in [-0.4, -0.2) is 57.2 Å². The summed E-state index contributed by atoms with van der Waals surface area (Å²) >= 11 is 0. The number of aromatic nitrogens is 3. The molecule has 8 heteroatoms. The molecule has 5 rings (SSSR count). The molecule has 1 atom stereocenters. The SMILES string of the molecule is CN(c1ccc2nc(-c3ccc(OCc4ccccc4)cc3)[nH]c2n1)C1CCCN(C(=O)O)C1. The third-order valence-electron chi connectivity index (χ3n) is 6.28. The van der Waals surface area contributed by atoms with E-state index < -0.39 is 6.09 Å². The quantitative estimate of drug-likeness (QED) is 0.433. The molecule has 0 aliphatic carbocycles. The number of benzene rings is 2. The summed E-state index contributed by atoms with van der Waals surface area (Å²) in [6.45, 7) is 1.60. The third-order valence-corrected chi connectivity index (χ3v) is 6.28. The standard InChI is InChI=1S/C26H27N5O3/c1-30(20-8-5-15-31(16-20)26(32)33)23-14-13-22-25(28-23)29-24(27-22)19-9-11-21(12-10-19)34-17-18-6-3-2-4-7-18/h2-4,6-7,9-14,20H,5,8,15-17H2,1H3,(H,32,33)(H,27,28,29). The number of carbonyl (C=O) groups is 1. The van der Waals surface area contributed by atoms with Gasteiger partial charge in [-0.05, 0) is 54.8 Å². The Kier molecular flexibility index (Phi) is 6.03. The predicted molar refractivity (Wildman–Crippen MR) is 131 cm³/mol. The van der Waals surface area contributed by atoms with Crippen molar-refractivity contribution in [3.05, 3.63) is 72.3 Å². The fourth-order valence-electron chi connectivity index (χ4n) is 4.30. The van der Waals surface area contributed by atoms with E-state index >= 15 is 0 Å². The highest BCUT2D eigenvalue weighted by Crippen LogP contribution is 2.26. The number of amides is 1. The highest BCUT2D eigenvalue weighted by molar-refractivity contribution is 5.77. The van der Waals surface area contributed by atoms with Gasteiger partial charge in [0, 0.05) is 31.7 Å². The summed E-state index contributed by atoms with van der Waals surface area (Å²) in [4.78, 5) is 27.7. The Morgan fingerprint density at radius 1 is 1.12 bits per heavy atom. The largest absolute Gasteiger partial charge is 0.489 e. The van der Waals surface area contributed by atoms with Gasteiger partial charge >= 0.3 is 6.09 Å². The van der Waals surface area contributed by atoms with Gasteiger partial charge in [-0.2, -0.15) is 0 Å². The molecule has 0 saturated carbocycles. The molecule has 2 N–H and O–H groups in total. The van der Waals surface area contributed by atoms with E-state index in [1.165, 1.54) is 4.90 Å². The number of pyridine rings is 1. The van der Waals surface area contributed by atoms with Crippen LogP contribution in [0, 0.1) is 0 Å². The van der Waals surface area contributed by atoms with Crippen LogP contribution in [0.2, 0.25) is 0 Å². The fourth-order valence-corrected chi connectivity index (χ4v) is 4.30. The van der Waals surface area contributed by atoms with E-state index in [0.717, 1.165) is 46.9 Å². The number of piperidine rings is 1. The molecule has 1 amide bonds. The predicted octanol–water partition coefficient (Wildman–Crippen LogP) is 4.78. The van der Waals surface area contributed by atoms with Gasteiger partial charge in [0.2, 0.25) is 0 Å². The van der Waals surface area contributed by atoms with Crippen LogP contribution in [0.25, 0.3) is 22.6 Å². The summed E-state index contributed by atoms with van der Waals surface area (Å²) in [6, 6.07) is 21.9. The highest BCUT2D eigenvalue weighted by atomic mass is 16.5. The van der Waals surface area contributed by atoms with Gasteiger partial charge < -0.3 is 24.6 Å². The van der Waals surface area contributed by atoms with Crippen LogP contribution >= 0.6 is 0 Å². The summed E-state index contributed by atoms with van der Waals surface area (Å²) in [5, 5.41) is 9.33. The summed E-state index contributed by atoms with van der Waals surface area (Å²) in [6.07, 6.45) is 0.923. The number of aromatic amines is 1. The molecule has 0 radical (unpaired) electrons. The van der Waals surface area contributed by atoms with Crippen LogP contribution in [0.1, 0.15) is 18.4 Å². The number of carboxylic acid groups (broad SMARTS) is 1. The first-order chi connectivity index (χ1) is 16.6. The van der Waals surface area contributed by atoms with E-state index in [0.29, 0.717) is 25.3 Å². The van der Waals surface area contributed by atoms with Gasteiger partial charge in [-0.15, -0.1) is 0 Å². The minimum atomic E-state index is -0.865. The Morgan fingerprint density at radius 2 is 1.91 bits per heavy atom. The number of nitrogens with zero attached hydrogens (tertiary/aromatic N) is 4. The molecule has 1 aliphatic heterocycles. The van der Waals surface area contributed by atoms with Gasteiger partial charge in [0.1, 0.15) is 29.5 Å². The van der Waals surface area contributed by atoms with Crippen LogP contribution in [-0.2, 0) is 6.61 Å². The number of ether oxygens (including phenoxy) is 1. The number of likely N-dealkylation sites (N-methyl/N-ethyl adjacent to an activating group) is 1. The van der Waals surface area contributed by atoms with Gasteiger partial charge in [0.15, 0.2) is 5.65 Å². The number of hydrogen-bond acceptors (Lipinski definition) is 5. The van der Waals surface area contributed by atoms with E-state index in [9.17, 15) is 9.90 Å². The molecule has 174 valence electrons. The number of nitrogens with one attached hydrogen (secondary N) is 1. The molecular formula is C26H27N5O3. The van der Waals surface area contributed by atoms with Gasteiger partial charge in [-0.25, -0.2) is 14.8 Å². The normalized spacial score (nSPS) is 15.9. The van der Waals surface area contributed by atoms with Gasteiger partial charge in [-0.1, -0.05) is 30.3 Å². The van der Waals surface area contributed by atoms with Crippen LogP contribution in [0.3, 0.4) is 0 Å². The summed E-state index contributed by atoms with van der Waals surface area (Å²) in [7, 11) is 1.97. The summed E-state index contributed by atoms with van der Waals surface area (Å²) in [5.74, 6) is 2.34. The molecular weight excluding hydrogens is 430 g/mol. The third kappa shape index (κ3) is 4.66. The maximum absolute atomic E-state index is 11.4. The van der Waals surface area contributed by atoms with Crippen LogP contribution in [0.4, 0.5) is 10.6 Å². The Hall–Kier alpha value is -4.07. The fraction of sp³-hybridized carbons (Fsp3) is 0.269. The first-order valence-corrected chi connectivity index (χ1v) is 11.4. The molecule has 3 heterocycles. The molecule has 2 aromatic carbocycles. The molecule has 34 heavy (non-hydrogen) atoms. The van der Waals surface area contributed by atoms with Crippen molar-refractivity contribution in [1.29, 1.82) is 0 Å². The van der Waals surface area contributed by atoms with E-state index in [1.54, 1.807) is 0 Å². The van der Waals surface area contributed by atoms with Crippen molar-refractivity contribution >= 4 is 23.1 Å². The van der Waals surface area contributed by atoms with Crippen molar-refractivity contribution in [1.82, 2.24) is 19.9 Å². The second-order valence-electron chi connectivity index (χ2n) is 8.56. The van der Waals surface area contributed by atoms with E-state index in [-0.39, 0.29) is 6.04 Å². The minimum Gasteiger partial charge on any atom is -0.489 e. The zero-order valence-corrected chi connectivity index (χ0v) is 19.0. The van der Waals surface area contributed by atoms with Crippen molar-refractivity contribution in [2.45, 2.75) is 25.5 Å². The number of hydrogen-bond donors (Lipinski definition) is 2. The lowest BCUT2D eigenvalue weighted by Gasteiger charge is -2.36. The summed E-state index contributed by atoms with van der Waals surface area (Å²) in [5.41, 5.74) is 3.56. The molecule has 1 unspecified atom stereocenters. The maximum Gasteiger partial charge on any atom is 0.407 e. The topological polar surface area (TPSA) is 94.6 Å². The van der Waals surface area contributed by atoms with E-state index in [2.05, 4.69) is 9.88 Å². The van der Waals surface area contributed by atoms with E-state index in [4.69, 9.17) is 14.7 Å². The number of H-pyrrole nitrogens is 1. The van der Waals surface area contributed by atoms with Crippen molar-refractivity contribution in [3.63, 3.8) is 0 Å². The molecule has 0 spiro atoms. The highest BCUT2D eigenvalue weighted by Gasteiger charge is 2.26. The Morgan fingerprint density at radius 3 is 2.68 bits per heavy atom. The monoisotopic (exact) mass is 457 g/mol. The van der Waals surface area contributed by atoms with Crippen LogP contribution < -0.4 is 9.64 Å². The number of likely N-dealkylation sites (tertiary alicyclic amines) is 1. The summed E-state index contributed by atoms with van der Waals surface area (Å²) < 4.78 is 5.88. The van der Waals surface area contributed by atoms with Gasteiger partial charge in [-0.3, -0.25) is 0 Å². The van der Waals surface area contributed by atoms with Gasteiger partial charge in [0.05, 0.1) is 0 Å². The lowest BCUT2D eigenvalue weighted by atomic mass is 10.0. The van der Waals surface area contributed by atoms with Crippen LogP contribution in [0.5, 0.6) is 5.75 Å². The van der Waals surface area contributed by atoms with Crippen molar-refractivity contribution < 1.29 is 14.6 Å². The average molecular weight is 458 g/mol. The van der Waals surface area contributed by atoms with Crippen molar-refractivity contribution in [2.24, 2.45) is 0 Å². The number of rotatable bonds is 6. The molecule has 1 aliphatic rings. The Balaban J connectivity index is 1.29. The Bertz CT molecular complexity index is 1270. The van der Waals surface area contributed by atoms with Crippen LogP contribution in [0.15, 0.2) is 66.7 Å². The second-order valence-corrected chi connectivity index (χ2v) is 8.56. The number of fused-ring (bicyclic) bond motifs is 1. The molecule has 4 aromatic rings. The Labute approximate surface area is 197 Å². The van der Waals surface area contributed by atoms with Gasteiger partial charge in [0.25, 0.3) is 0 Å². The zero-order chi connectivity index (χ0) is 23.5. The first-order valence-electron chi connectivity index (χ1n) is 11.4. The van der Waals surface area contributed by atoms with Crippen molar-refractivity contribution in [3.8, 4) is 17.1 Å².